The van der Waals surface area contributed by atoms with E-state index < -0.39 is 0 Å². The largest absolute Gasteiger partial charge is 0.469 e. The van der Waals surface area contributed by atoms with Gasteiger partial charge in [0.15, 0.2) is 0 Å². The van der Waals surface area contributed by atoms with Crippen molar-refractivity contribution in [1.82, 2.24) is 0 Å². The standard InChI is InChI=1S/C36H52O7/c1-22(12-15-33(39)40-6)28-13-14-29-34-30(20-32(36(28,29)5)41-21-25-10-8-7-9-11-25)35(4)17-16-27(42-23(2)37)18-26(35)19-31(34)43-24(3)38/h7-11,22,26-32,34H,12-21H2,1-6H3/t22-,26+,27-,28-,29+,30+,31-,32+,34+,35+,36-/m1/s1. The van der Waals surface area contributed by atoms with E-state index in [9.17, 15) is 14.4 Å². The summed E-state index contributed by atoms with van der Waals surface area (Å²) in [5.74, 6) is 1.41. The van der Waals surface area contributed by atoms with Gasteiger partial charge in [0, 0.05) is 31.6 Å². The first-order chi connectivity index (χ1) is 20.5. The summed E-state index contributed by atoms with van der Waals surface area (Å²) in [4.78, 5) is 36.4. The fourth-order valence-electron chi connectivity index (χ4n) is 10.4. The second-order valence-electron chi connectivity index (χ2n) is 14.5. The number of carbonyl (C=O) groups excluding carboxylic acids is 3. The molecule has 238 valence electrons. The molecular formula is C36H52O7. The predicted molar refractivity (Wildman–Crippen MR) is 163 cm³/mol. The molecule has 4 saturated carbocycles. The minimum atomic E-state index is -0.222. The zero-order valence-corrected chi connectivity index (χ0v) is 27.0. The summed E-state index contributed by atoms with van der Waals surface area (Å²) in [6, 6.07) is 10.4. The molecule has 0 N–H and O–H groups in total. The van der Waals surface area contributed by atoms with Gasteiger partial charge in [-0.15, -0.1) is 0 Å². The lowest BCUT2D eigenvalue weighted by Crippen LogP contribution is -2.63. The van der Waals surface area contributed by atoms with Gasteiger partial charge in [0.1, 0.15) is 12.2 Å². The van der Waals surface area contributed by atoms with E-state index in [-0.39, 0.29) is 53.0 Å². The average molecular weight is 597 g/mol. The van der Waals surface area contributed by atoms with Crippen molar-refractivity contribution < 1.29 is 33.3 Å². The molecule has 7 heteroatoms. The summed E-state index contributed by atoms with van der Waals surface area (Å²) in [6.45, 7) is 10.8. The number of rotatable bonds is 9. The van der Waals surface area contributed by atoms with E-state index in [1.54, 1.807) is 0 Å². The minimum Gasteiger partial charge on any atom is -0.469 e. The van der Waals surface area contributed by atoms with Gasteiger partial charge in [-0.25, -0.2) is 0 Å². The van der Waals surface area contributed by atoms with E-state index in [4.69, 9.17) is 18.9 Å². The van der Waals surface area contributed by atoms with Crippen LogP contribution in [0.15, 0.2) is 30.3 Å². The van der Waals surface area contributed by atoms with Gasteiger partial charge in [-0.2, -0.15) is 0 Å². The second-order valence-corrected chi connectivity index (χ2v) is 14.5. The monoisotopic (exact) mass is 596 g/mol. The van der Waals surface area contributed by atoms with Gasteiger partial charge in [-0.1, -0.05) is 51.1 Å². The van der Waals surface area contributed by atoms with E-state index in [0.717, 1.165) is 51.4 Å². The van der Waals surface area contributed by atoms with Crippen molar-refractivity contribution in [1.29, 1.82) is 0 Å². The number of esters is 3. The average Bonchev–Trinajstić information content (AvgIpc) is 3.33. The quantitative estimate of drug-likeness (QED) is 0.226. The molecule has 7 nitrogen and oxygen atoms in total. The van der Waals surface area contributed by atoms with E-state index in [1.165, 1.54) is 26.5 Å². The molecule has 11 atom stereocenters. The number of methoxy groups -OCH3 is 1. The highest BCUT2D eigenvalue weighted by atomic mass is 16.5. The molecule has 1 aromatic rings. The van der Waals surface area contributed by atoms with Crippen LogP contribution < -0.4 is 0 Å². The maximum Gasteiger partial charge on any atom is 0.305 e. The molecule has 1 aromatic carbocycles. The van der Waals surface area contributed by atoms with Gasteiger partial charge in [0.25, 0.3) is 0 Å². The molecular weight excluding hydrogens is 544 g/mol. The maximum atomic E-state index is 12.5. The van der Waals surface area contributed by atoms with E-state index in [0.29, 0.717) is 42.6 Å². The molecule has 43 heavy (non-hydrogen) atoms. The normalized spacial score (nSPS) is 39.0. The Morgan fingerprint density at radius 1 is 0.930 bits per heavy atom. The van der Waals surface area contributed by atoms with Crippen LogP contribution in [0.3, 0.4) is 0 Å². The summed E-state index contributed by atoms with van der Waals surface area (Å²) >= 11 is 0. The van der Waals surface area contributed by atoms with Crippen molar-refractivity contribution in [2.24, 2.45) is 46.3 Å². The fraction of sp³-hybridized carbons (Fsp3) is 0.750. The molecule has 4 fully saturated rings. The number of ether oxygens (including phenoxy) is 4. The van der Waals surface area contributed by atoms with Gasteiger partial charge in [0.2, 0.25) is 0 Å². The van der Waals surface area contributed by atoms with Crippen LogP contribution >= 0.6 is 0 Å². The number of fused-ring (bicyclic) bond motifs is 5. The minimum absolute atomic E-state index is 0.0479. The first-order valence-corrected chi connectivity index (χ1v) is 16.5. The third-order valence-corrected chi connectivity index (χ3v) is 12.4. The number of hydrogen-bond acceptors (Lipinski definition) is 7. The lowest BCUT2D eigenvalue weighted by atomic mass is 9.43. The van der Waals surface area contributed by atoms with Crippen LogP contribution in [-0.2, 0) is 39.9 Å². The predicted octanol–water partition coefficient (Wildman–Crippen LogP) is 6.90. The second kappa shape index (κ2) is 12.9. The first kappa shape index (κ1) is 32.0. The molecule has 0 saturated heterocycles. The third kappa shape index (κ3) is 6.25. The Morgan fingerprint density at radius 3 is 2.33 bits per heavy atom. The van der Waals surface area contributed by atoms with E-state index in [2.05, 4.69) is 45.0 Å². The molecule has 0 bridgehead atoms. The van der Waals surface area contributed by atoms with Crippen LogP contribution in [0.5, 0.6) is 0 Å². The fourth-order valence-corrected chi connectivity index (χ4v) is 10.4. The third-order valence-electron chi connectivity index (χ3n) is 12.4. The van der Waals surface area contributed by atoms with Gasteiger partial charge < -0.3 is 18.9 Å². The molecule has 0 unspecified atom stereocenters. The topological polar surface area (TPSA) is 88.1 Å². The summed E-state index contributed by atoms with van der Waals surface area (Å²) < 4.78 is 23.9. The zero-order valence-electron chi connectivity index (χ0n) is 27.0. The molecule has 0 heterocycles. The lowest BCUT2D eigenvalue weighted by molar-refractivity contribution is -0.227. The lowest BCUT2D eigenvalue weighted by Gasteiger charge is -2.64. The van der Waals surface area contributed by atoms with Crippen LogP contribution in [0.4, 0.5) is 0 Å². The van der Waals surface area contributed by atoms with Crippen molar-refractivity contribution in [3.63, 3.8) is 0 Å². The Morgan fingerprint density at radius 2 is 1.65 bits per heavy atom. The summed E-state index contributed by atoms with van der Waals surface area (Å²) in [5, 5.41) is 0. The number of hydrogen-bond donors (Lipinski definition) is 0. The van der Waals surface area contributed by atoms with Crippen LogP contribution in [0.25, 0.3) is 0 Å². The van der Waals surface area contributed by atoms with Gasteiger partial charge in [-0.05, 0) is 91.9 Å². The molecule has 4 aliphatic rings. The SMILES string of the molecule is COC(=O)CC[C@@H](C)[C@H]1CC[C@H]2[C@@H]3[C@H](OC(C)=O)C[C@@H]4C[C@H](OC(C)=O)CC[C@]4(C)[C@H]3C[C@H](OCc3ccccc3)[C@]12C. The molecule has 0 spiro atoms. The Hall–Kier alpha value is -2.41. The van der Waals surface area contributed by atoms with Gasteiger partial charge >= 0.3 is 17.9 Å². The Kier molecular flexibility index (Phi) is 9.60. The molecule has 0 aromatic heterocycles. The highest BCUT2D eigenvalue weighted by molar-refractivity contribution is 5.69. The zero-order chi connectivity index (χ0) is 30.9. The molecule has 0 amide bonds. The molecule has 5 rings (SSSR count). The summed E-state index contributed by atoms with van der Waals surface area (Å²) in [6.07, 6.45) is 7.64. The molecule has 0 radical (unpaired) electrons. The Balaban J connectivity index is 1.49. The highest BCUT2D eigenvalue weighted by Crippen LogP contribution is 2.69. The Bertz CT molecular complexity index is 1150. The first-order valence-electron chi connectivity index (χ1n) is 16.5. The van der Waals surface area contributed by atoms with Crippen molar-refractivity contribution in [2.45, 2.75) is 117 Å². The summed E-state index contributed by atoms with van der Waals surface area (Å²) in [5.41, 5.74) is 1.12. The van der Waals surface area contributed by atoms with Crippen molar-refractivity contribution >= 4 is 17.9 Å². The Labute approximate surface area is 257 Å². The van der Waals surface area contributed by atoms with Crippen LogP contribution in [-0.4, -0.2) is 43.3 Å². The van der Waals surface area contributed by atoms with Crippen molar-refractivity contribution in [3.05, 3.63) is 35.9 Å². The molecule has 0 aliphatic heterocycles. The van der Waals surface area contributed by atoms with Crippen LogP contribution in [0.1, 0.15) is 98.0 Å². The van der Waals surface area contributed by atoms with Crippen molar-refractivity contribution in [2.75, 3.05) is 7.11 Å². The maximum absolute atomic E-state index is 12.5. The smallest absolute Gasteiger partial charge is 0.305 e. The number of benzene rings is 1. The number of carbonyl (C=O) groups is 3. The van der Waals surface area contributed by atoms with E-state index in [1.807, 2.05) is 6.07 Å². The van der Waals surface area contributed by atoms with Crippen LogP contribution in [0.2, 0.25) is 0 Å². The van der Waals surface area contributed by atoms with Gasteiger partial charge in [-0.3, -0.25) is 14.4 Å². The van der Waals surface area contributed by atoms with E-state index >= 15 is 0 Å². The van der Waals surface area contributed by atoms with Crippen molar-refractivity contribution in [3.8, 4) is 0 Å². The highest BCUT2D eigenvalue weighted by Gasteiger charge is 2.67. The van der Waals surface area contributed by atoms with Gasteiger partial charge in [0.05, 0.1) is 19.8 Å². The summed E-state index contributed by atoms with van der Waals surface area (Å²) in [7, 11) is 1.46. The van der Waals surface area contributed by atoms with Crippen LogP contribution in [0, 0.1) is 46.3 Å². The molecule has 4 aliphatic carbocycles.